The van der Waals surface area contributed by atoms with E-state index in [2.05, 4.69) is 52.7 Å². The number of allylic oxidation sites excluding steroid dienone is 2. The highest BCUT2D eigenvalue weighted by Crippen LogP contribution is 2.40. The third-order valence-corrected chi connectivity index (χ3v) is 14.9. The van der Waals surface area contributed by atoms with Crippen LogP contribution in [0.1, 0.15) is 303 Å². The summed E-state index contributed by atoms with van der Waals surface area (Å²) in [6, 6.07) is 0. The molecule has 0 radical (unpaired) electrons. The quantitative estimate of drug-likeness (QED) is 0.0523. The molecule has 0 aromatic carbocycles. The molecule has 0 unspecified atom stereocenters. The predicted molar refractivity (Wildman–Crippen MR) is 282 cm³/mol. The molecule has 0 bridgehead atoms. The molecular formula is C59H110N4O2. The number of imidazole rings is 1. The molecule has 2 amide bonds. The van der Waals surface area contributed by atoms with Crippen LogP contribution in [0, 0.1) is 5.92 Å². The molecule has 65 heavy (non-hydrogen) atoms. The van der Waals surface area contributed by atoms with Gasteiger partial charge in [0.25, 0.3) is 0 Å². The average molecular weight is 908 g/mol. The molecule has 1 aliphatic carbocycles. The van der Waals surface area contributed by atoms with E-state index in [0.717, 1.165) is 77.3 Å². The van der Waals surface area contributed by atoms with Crippen molar-refractivity contribution in [3.05, 3.63) is 30.9 Å². The lowest BCUT2D eigenvalue weighted by Gasteiger charge is -2.50. The molecule has 1 N–H and O–H groups in total. The smallest absolute Gasteiger partial charge is 0.245 e. The molecule has 2 rings (SSSR count). The number of aromatic nitrogens is 2. The molecule has 1 aromatic rings. The first kappa shape index (κ1) is 59.0. The van der Waals surface area contributed by atoms with Crippen LogP contribution in [-0.2, 0) is 16.1 Å². The van der Waals surface area contributed by atoms with Crippen molar-refractivity contribution in [3.8, 4) is 0 Å². The second-order valence-electron chi connectivity index (χ2n) is 20.8. The Kier molecular flexibility index (Phi) is 39.2. The molecule has 0 atom stereocenters. The van der Waals surface area contributed by atoms with E-state index in [4.69, 9.17) is 0 Å². The van der Waals surface area contributed by atoms with Crippen LogP contribution in [0.3, 0.4) is 0 Å². The van der Waals surface area contributed by atoms with Crippen molar-refractivity contribution >= 4 is 11.8 Å². The van der Waals surface area contributed by atoms with Gasteiger partial charge in [-0.1, -0.05) is 245 Å². The van der Waals surface area contributed by atoms with Crippen molar-refractivity contribution in [2.75, 3.05) is 13.1 Å². The standard InChI is InChI=1S/C59H110N4O2/c1-4-7-10-13-16-19-22-25-26-27-28-31-34-37-40-43-50-61-58(65)59(48-44-49-59)63(53-45-52-62-54-51-60-55-62)57(64)56(46-41-38-35-32-29-23-20-17-14-11-8-5-2)47-42-39-36-33-30-24-21-18-15-12-9-6-3/h25-26,51,54-56H,4-24,27-50,52-53H2,1-3H3,(H,61,65)/b26-25-. The monoisotopic (exact) mass is 907 g/mol. The van der Waals surface area contributed by atoms with Crippen LogP contribution in [0.25, 0.3) is 0 Å². The van der Waals surface area contributed by atoms with Gasteiger partial charge >= 0.3 is 0 Å². The maximum Gasteiger partial charge on any atom is 0.245 e. The zero-order valence-electron chi connectivity index (χ0n) is 43.9. The summed E-state index contributed by atoms with van der Waals surface area (Å²) in [4.78, 5) is 35.7. The lowest BCUT2D eigenvalue weighted by molar-refractivity contribution is -0.157. The van der Waals surface area contributed by atoms with Gasteiger partial charge in [-0.3, -0.25) is 9.59 Å². The van der Waals surface area contributed by atoms with Gasteiger partial charge in [0, 0.05) is 37.9 Å². The minimum atomic E-state index is -0.681. The fourth-order valence-electron chi connectivity index (χ4n) is 10.3. The topological polar surface area (TPSA) is 67.2 Å². The molecular weight excluding hydrogens is 797 g/mol. The van der Waals surface area contributed by atoms with E-state index >= 15 is 4.79 Å². The summed E-state index contributed by atoms with van der Waals surface area (Å²) >= 11 is 0. The molecule has 1 aliphatic rings. The lowest BCUT2D eigenvalue weighted by Crippen LogP contribution is -2.65. The van der Waals surface area contributed by atoms with Gasteiger partial charge in [-0.2, -0.15) is 0 Å². The maximum atomic E-state index is 15.0. The van der Waals surface area contributed by atoms with Crippen molar-refractivity contribution < 1.29 is 9.59 Å². The van der Waals surface area contributed by atoms with E-state index in [1.165, 1.54) is 218 Å². The van der Waals surface area contributed by atoms with Gasteiger partial charge in [-0.05, 0) is 70.6 Å². The Morgan fingerprint density at radius 3 is 1.34 bits per heavy atom. The van der Waals surface area contributed by atoms with Gasteiger partial charge in [-0.15, -0.1) is 0 Å². The fourth-order valence-corrected chi connectivity index (χ4v) is 10.3. The molecule has 6 heteroatoms. The number of unbranched alkanes of at least 4 members (excludes halogenated alkanes) is 34. The van der Waals surface area contributed by atoms with Crippen molar-refractivity contribution in [1.82, 2.24) is 19.8 Å². The van der Waals surface area contributed by atoms with E-state index in [-0.39, 0.29) is 17.7 Å². The predicted octanol–water partition coefficient (Wildman–Crippen LogP) is 18.0. The van der Waals surface area contributed by atoms with Crippen LogP contribution in [0.2, 0.25) is 0 Å². The Hall–Kier alpha value is -2.11. The minimum Gasteiger partial charge on any atom is -0.354 e. The molecule has 1 heterocycles. The normalized spacial score (nSPS) is 13.5. The van der Waals surface area contributed by atoms with Crippen molar-refractivity contribution in [2.45, 2.75) is 315 Å². The molecule has 378 valence electrons. The third-order valence-electron chi connectivity index (χ3n) is 14.9. The summed E-state index contributed by atoms with van der Waals surface area (Å²) < 4.78 is 2.11. The maximum absolute atomic E-state index is 15.0. The number of carbonyl (C=O) groups is 2. The zero-order chi connectivity index (χ0) is 46.6. The molecule has 1 fully saturated rings. The highest BCUT2D eigenvalue weighted by molar-refractivity contribution is 5.93. The number of aryl methyl sites for hydroxylation is 1. The van der Waals surface area contributed by atoms with Crippen LogP contribution in [0.15, 0.2) is 30.9 Å². The number of hydrogen-bond donors (Lipinski definition) is 1. The van der Waals surface area contributed by atoms with E-state index in [9.17, 15) is 4.79 Å². The first-order valence-corrected chi connectivity index (χ1v) is 29.3. The van der Waals surface area contributed by atoms with Crippen LogP contribution in [0.4, 0.5) is 0 Å². The van der Waals surface area contributed by atoms with Gasteiger partial charge in [-0.25, -0.2) is 4.98 Å². The van der Waals surface area contributed by atoms with Crippen molar-refractivity contribution in [1.29, 1.82) is 0 Å². The largest absolute Gasteiger partial charge is 0.354 e. The van der Waals surface area contributed by atoms with E-state index in [1.807, 2.05) is 18.7 Å². The van der Waals surface area contributed by atoms with Gasteiger partial charge in [0.15, 0.2) is 0 Å². The molecule has 1 saturated carbocycles. The van der Waals surface area contributed by atoms with Gasteiger partial charge < -0.3 is 14.8 Å². The molecule has 0 saturated heterocycles. The molecule has 0 spiro atoms. The van der Waals surface area contributed by atoms with Gasteiger partial charge in [0.2, 0.25) is 11.8 Å². The number of nitrogens with zero attached hydrogens (tertiary/aromatic N) is 3. The molecule has 1 aromatic heterocycles. The fraction of sp³-hybridized carbons (Fsp3) is 0.881. The summed E-state index contributed by atoms with van der Waals surface area (Å²) in [6.45, 7) is 9.06. The SMILES string of the molecule is CCCCCCCC/C=C\CCCCCCCCNC(=O)C1(N(CCCn2ccnc2)C(=O)C(CCCCCCCCCCCCCC)CCCCCCCCCCCCCC)CCC1. The van der Waals surface area contributed by atoms with Crippen LogP contribution in [-0.4, -0.2) is 44.9 Å². The highest BCUT2D eigenvalue weighted by Gasteiger charge is 2.51. The second kappa shape index (κ2) is 43.2. The minimum absolute atomic E-state index is 0.0237. The van der Waals surface area contributed by atoms with Crippen LogP contribution < -0.4 is 5.32 Å². The van der Waals surface area contributed by atoms with Gasteiger partial charge in [0.05, 0.1) is 6.33 Å². The summed E-state index contributed by atoms with van der Waals surface area (Å²) in [5.41, 5.74) is -0.681. The number of carbonyl (C=O) groups excluding carboxylic acids is 2. The summed E-state index contributed by atoms with van der Waals surface area (Å²) in [7, 11) is 0. The van der Waals surface area contributed by atoms with E-state index in [1.54, 1.807) is 0 Å². The van der Waals surface area contributed by atoms with E-state index < -0.39 is 5.54 Å². The Bertz CT molecular complexity index is 1180. The van der Waals surface area contributed by atoms with Gasteiger partial charge in [0.1, 0.15) is 5.54 Å². The summed E-state index contributed by atoms with van der Waals surface area (Å²) in [5, 5.41) is 3.38. The third kappa shape index (κ3) is 30.1. The first-order valence-electron chi connectivity index (χ1n) is 29.3. The van der Waals surface area contributed by atoms with Crippen molar-refractivity contribution in [2.24, 2.45) is 5.92 Å². The lowest BCUT2D eigenvalue weighted by atomic mass is 9.73. The van der Waals surface area contributed by atoms with E-state index in [0.29, 0.717) is 6.54 Å². The zero-order valence-corrected chi connectivity index (χ0v) is 43.9. The Labute approximate surface area is 404 Å². The Morgan fingerprint density at radius 1 is 0.554 bits per heavy atom. The second-order valence-corrected chi connectivity index (χ2v) is 20.8. The highest BCUT2D eigenvalue weighted by atomic mass is 16.2. The first-order chi connectivity index (χ1) is 32.1. The molecule has 0 aliphatic heterocycles. The van der Waals surface area contributed by atoms with Crippen LogP contribution in [0.5, 0.6) is 0 Å². The summed E-state index contributed by atoms with van der Waals surface area (Å²) in [6.07, 6.45) is 66.0. The number of amides is 2. The Balaban J connectivity index is 1.89. The summed E-state index contributed by atoms with van der Waals surface area (Å²) in [5.74, 6) is 0.409. The Morgan fingerprint density at radius 2 is 0.954 bits per heavy atom. The number of rotatable bonds is 49. The molecule has 6 nitrogen and oxygen atoms in total. The average Bonchev–Trinajstić information content (AvgIpc) is 3.82. The number of nitrogens with one attached hydrogen (secondary N) is 1. The van der Waals surface area contributed by atoms with Crippen LogP contribution >= 0.6 is 0 Å². The number of hydrogen-bond acceptors (Lipinski definition) is 3. The van der Waals surface area contributed by atoms with Crippen molar-refractivity contribution in [3.63, 3.8) is 0 Å².